The molecule has 9 heteroatoms. The van der Waals surface area contributed by atoms with Crippen molar-refractivity contribution < 1.29 is 13.9 Å². The minimum Gasteiger partial charge on any atom is -0.493 e. The number of hydrogen-bond acceptors (Lipinski definition) is 7. The number of rotatable bonds is 7. The quantitative estimate of drug-likeness (QED) is 0.285. The molecule has 0 atom stereocenters. The number of piperidine rings is 1. The van der Waals surface area contributed by atoms with E-state index in [1.807, 2.05) is 18.2 Å². The molecule has 0 saturated carbocycles. The molecule has 1 saturated heterocycles. The van der Waals surface area contributed by atoms with Crippen LogP contribution in [0.3, 0.4) is 0 Å². The molecule has 6 rings (SSSR count). The van der Waals surface area contributed by atoms with E-state index in [0.717, 1.165) is 37.9 Å². The normalized spacial score (nSPS) is 14.0. The molecule has 3 heterocycles. The molecule has 3 aromatic carbocycles. The molecule has 5 aromatic rings. The van der Waals surface area contributed by atoms with Crippen LogP contribution in [0.1, 0.15) is 18.4 Å². The highest BCUT2D eigenvalue weighted by Gasteiger charge is 2.25. The summed E-state index contributed by atoms with van der Waals surface area (Å²) in [6.45, 7) is 1.68. The van der Waals surface area contributed by atoms with Crippen molar-refractivity contribution in [2.45, 2.75) is 19.3 Å². The fraction of sp³-hybridized carbons (Fsp3) is 0.258. The Bertz CT molecular complexity index is 1650. The number of nitrogens with two attached hydrogens (primary N) is 1. The van der Waals surface area contributed by atoms with Crippen LogP contribution in [0.15, 0.2) is 72.8 Å². The van der Waals surface area contributed by atoms with Gasteiger partial charge in [0.15, 0.2) is 17.1 Å². The molecule has 40 heavy (non-hydrogen) atoms. The number of fused-ring (bicyclic) bond motifs is 1. The maximum absolute atomic E-state index is 14.1. The molecule has 1 aliphatic rings. The zero-order valence-electron chi connectivity index (χ0n) is 22.5. The van der Waals surface area contributed by atoms with Gasteiger partial charge in [-0.1, -0.05) is 36.4 Å². The van der Waals surface area contributed by atoms with Crippen molar-refractivity contribution in [3.8, 4) is 28.4 Å². The lowest BCUT2D eigenvalue weighted by Crippen LogP contribution is -2.35. The SMILES string of the molecule is COc1ccc(-c2nc(N3CCC(Cc4ccccc4)CC3)nc3nn(-c4cccc(F)c4)c(N)c23)cc1OC. The average molecular weight is 539 g/mol. The summed E-state index contributed by atoms with van der Waals surface area (Å²) in [5.74, 6) is 2.35. The summed E-state index contributed by atoms with van der Waals surface area (Å²) >= 11 is 0. The van der Waals surface area contributed by atoms with Gasteiger partial charge in [-0.15, -0.1) is 5.10 Å². The Morgan fingerprint density at radius 3 is 2.40 bits per heavy atom. The van der Waals surface area contributed by atoms with Gasteiger partial charge in [-0.05, 0) is 67.1 Å². The first-order valence-corrected chi connectivity index (χ1v) is 13.4. The van der Waals surface area contributed by atoms with Crippen molar-refractivity contribution in [3.63, 3.8) is 0 Å². The van der Waals surface area contributed by atoms with Crippen LogP contribution < -0.4 is 20.1 Å². The second kappa shape index (κ2) is 10.8. The second-order valence-electron chi connectivity index (χ2n) is 10.0. The fourth-order valence-electron chi connectivity index (χ4n) is 5.42. The van der Waals surface area contributed by atoms with Gasteiger partial charge in [-0.25, -0.2) is 14.1 Å². The standard InChI is InChI=1S/C31H31FN6O2/c1-39-25-12-11-22(18-26(25)40-2)28-27-29(33)38(24-10-6-9-23(32)19-24)36-30(27)35-31(34-28)37-15-13-21(14-16-37)17-20-7-4-3-5-8-20/h3-12,18-19,21H,13-17,33H2,1-2H3. The Morgan fingerprint density at radius 1 is 0.900 bits per heavy atom. The number of methoxy groups -OCH3 is 2. The predicted molar refractivity (Wildman–Crippen MR) is 155 cm³/mol. The van der Waals surface area contributed by atoms with E-state index in [4.69, 9.17) is 30.3 Å². The van der Waals surface area contributed by atoms with E-state index in [9.17, 15) is 4.39 Å². The summed E-state index contributed by atoms with van der Waals surface area (Å²) in [6.07, 6.45) is 3.16. The molecule has 0 amide bonds. The second-order valence-corrected chi connectivity index (χ2v) is 10.0. The average Bonchev–Trinajstić information content (AvgIpc) is 3.33. The van der Waals surface area contributed by atoms with Crippen LogP contribution in [0.2, 0.25) is 0 Å². The van der Waals surface area contributed by atoms with E-state index < -0.39 is 0 Å². The highest BCUT2D eigenvalue weighted by atomic mass is 19.1. The third kappa shape index (κ3) is 4.90. The zero-order valence-corrected chi connectivity index (χ0v) is 22.5. The first-order chi connectivity index (χ1) is 19.5. The van der Waals surface area contributed by atoms with Gasteiger partial charge in [0.1, 0.15) is 11.6 Å². The maximum Gasteiger partial charge on any atom is 0.228 e. The van der Waals surface area contributed by atoms with Gasteiger partial charge >= 0.3 is 0 Å². The van der Waals surface area contributed by atoms with Crippen molar-refractivity contribution in [2.24, 2.45) is 5.92 Å². The van der Waals surface area contributed by atoms with Gasteiger partial charge in [0, 0.05) is 18.7 Å². The first-order valence-electron chi connectivity index (χ1n) is 13.4. The molecular weight excluding hydrogens is 507 g/mol. The van der Waals surface area contributed by atoms with Gasteiger partial charge in [0.25, 0.3) is 0 Å². The molecule has 1 fully saturated rings. The topological polar surface area (TPSA) is 91.3 Å². The third-order valence-corrected chi connectivity index (χ3v) is 7.53. The molecule has 0 bridgehead atoms. The van der Waals surface area contributed by atoms with Crippen molar-refractivity contribution in [2.75, 3.05) is 37.9 Å². The summed E-state index contributed by atoms with van der Waals surface area (Å²) in [4.78, 5) is 12.1. The van der Waals surface area contributed by atoms with E-state index in [2.05, 4.69) is 35.2 Å². The van der Waals surface area contributed by atoms with Crippen molar-refractivity contribution in [3.05, 3.63) is 84.2 Å². The number of benzene rings is 3. The van der Waals surface area contributed by atoms with Crippen LogP contribution in [-0.4, -0.2) is 47.1 Å². The summed E-state index contributed by atoms with van der Waals surface area (Å²) in [5.41, 5.74) is 10.4. The molecule has 1 aliphatic heterocycles. The first kappa shape index (κ1) is 25.6. The fourth-order valence-corrected chi connectivity index (χ4v) is 5.42. The molecule has 2 N–H and O–H groups in total. The van der Waals surface area contributed by atoms with Crippen LogP contribution >= 0.6 is 0 Å². The molecule has 0 aliphatic carbocycles. The Labute approximate surface area is 232 Å². The van der Waals surface area contributed by atoms with E-state index in [1.54, 1.807) is 26.4 Å². The van der Waals surface area contributed by atoms with Crippen LogP contribution in [-0.2, 0) is 6.42 Å². The van der Waals surface area contributed by atoms with Crippen molar-refractivity contribution >= 4 is 22.8 Å². The number of nitrogens with zero attached hydrogens (tertiary/aromatic N) is 5. The maximum atomic E-state index is 14.1. The lowest BCUT2D eigenvalue weighted by molar-refractivity contribution is 0.355. The summed E-state index contributed by atoms with van der Waals surface area (Å²) in [5, 5.41) is 5.30. The number of halogens is 1. The van der Waals surface area contributed by atoms with Crippen molar-refractivity contribution in [1.29, 1.82) is 0 Å². The molecule has 0 unspecified atom stereocenters. The van der Waals surface area contributed by atoms with Gasteiger partial charge in [0.05, 0.1) is 31.0 Å². The highest BCUT2D eigenvalue weighted by Crippen LogP contribution is 2.38. The predicted octanol–water partition coefficient (Wildman–Crippen LogP) is 5.68. The number of anilines is 2. The minimum absolute atomic E-state index is 0.332. The lowest BCUT2D eigenvalue weighted by Gasteiger charge is -2.32. The molecule has 204 valence electrons. The Morgan fingerprint density at radius 2 is 1.68 bits per heavy atom. The summed E-state index contributed by atoms with van der Waals surface area (Å²) < 4.78 is 26.6. The van der Waals surface area contributed by atoms with Gasteiger partial charge in [-0.2, -0.15) is 4.98 Å². The summed E-state index contributed by atoms with van der Waals surface area (Å²) in [6, 6.07) is 22.4. The monoisotopic (exact) mass is 538 g/mol. The third-order valence-electron chi connectivity index (χ3n) is 7.53. The molecule has 0 spiro atoms. The molecule has 0 radical (unpaired) electrons. The molecule has 2 aromatic heterocycles. The van der Waals surface area contributed by atoms with Crippen LogP contribution in [0, 0.1) is 11.7 Å². The van der Waals surface area contributed by atoms with E-state index in [1.165, 1.54) is 22.4 Å². The Kier molecular flexibility index (Phi) is 6.94. The zero-order chi connectivity index (χ0) is 27.6. The number of aromatic nitrogens is 4. The van der Waals surface area contributed by atoms with Gasteiger partial charge < -0.3 is 20.1 Å². The number of hydrogen-bond donors (Lipinski definition) is 1. The van der Waals surface area contributed by atoms with Crippen LogP contribution in [0.25, 0.3) is 28.0 Å². The van der Waals surface area contributed by atoms with Gasteiger partial charge in [0.2, 0.25) is 5.95 Å². The van der Waals surface area contributed by atoms with E-state index in [0.29, 0.717) is 51.6 Å². The Balaban J connectivity index is 1.40. The van der Waals surface area contributed by atoms with Crippen LogP contribution in [0.5, 0.6) is 11.5 Å². The van der Waals surface area contributed by atoms with E-state index >= 15 is 0 Å². The van der Waals surface area contributed by atoms with Crippen LogP contribution in [0.4, 0.5) is 16.2 Å². The lowest BCUT2D eigenvalue weighted by atomic mass is 9.90. The van der Waals surface area contributed by atoms with Gasteiger partial charge in [-0.3, -0.25) is 0 Å². The smallest absolute Gasteiger partial charge is 0.228 e. The molecular formula is C31H31FN6O2. The Hall–Kier alpha value is -4.66. The van der Waals surface area contributed by atoms with Crippen molar-refractivity contribution in [1.82, 2.24) is 19.7 Å². The number of nitrogen functional groups attached to an aromatic ring is 1. The highest BCUT2D eigenvalue weighted by molar-refractivity contribution is 5.99. The van der Waals surface area contributed by atoms with E-state index in [-0.39, 0.29) is 5.82 Å². The largest absolute Gasteiger partial charge is 0.493 e. The molecule has 8 nitrogen and oxygen atoms in total. The number of ether oxygens (including phenoxy) is 2. The minimum atomic E-state index is -0.373. The summed E-state index contributed by atoms with van der Waals surface area (Å²) in [7, 11) is 3.19.